The molecule has 0 saturated carbocycles. The molecule has 494 valence electrons. The Morgan fingerprint density at radius 3 is 0.745 bits per heavy atom. The number of hydrogen-bond acceptors (Lipinski definition) is 4. The second-order valence-electron chi connectivity index (χ2n) is 29.2. The second kappa shape index (κ2) is 27.8. The molecular formula is C92H94N4O2. The van der Waals surface area contributed by atoms with Crippen LogP contribution >= 0.6 is 0 Å². The Morgan fingerprint density at radius 2 is 0.490 bits per heavy atom. The fraction of sp³-hybridized carbons (Fsp3) is 0.261. The predicted molar refractivity (Wildman–Crippen MR) is 417 cm³/mol. The van der Waals surface area contributed by atoms with E-state index in [9.17, 15) is 0 Å². The summed E-state index contributed by atoms with van der Waals surface area (Å²) in [5.41, 5.74) is 17.9. The lowest BCUT2D eigenvalue weighted by Gasteiger charge is -2.30. The molecule has 13 aromatic rings. The molecule has 0 aliphatic rings. The summed E-state index contributed by atoms with van der Waals surface area (Å²) in [6, 6.07) is 95.8. The molecule has 2 heterocycles. The number of pyridine rings is 2. The van der Waals surface area contributed by atoms with Crippen molar-refractivity contribution in [2.75, 3.05) is 9.80 Å². The first kappa shape index (κ1) is 66.6. The lowest BCUT2D eigenvalue weighted by atomic mass is 9.78. The van der Waals surface area contributed by atoms with Crippen LogP contribution < -0.4 is 20.7 Å². The molecule has 11 aromatic carbocycles. The van der Waals surface area contributed by atoms with Gasteiger partial charge in [-0.1, -0.05) is 278 Å². The molecular weight excluding hydrogens is 1190 g/mol. The second-order valence-corrected chi connectivity index (χ2v) is 29.2. The van der Waals surface area contributed by atoms with Crippen LogP contribution in [-0.2, 0) is 34.7 Å². The van der Waals surface area contributed by atoms with Crippen molar-refractivity contribution < 1.29 is 0 Å². The van der Waals surface area contributed by atoms with Gasteiger partial charge in [-0.2, -0.15) is 0 Å². The lowest BCUT2D eigenvalue weighted by molar-refractivity contribution is 0.600. The van der Waals surface area contributed by atoms with Crippen LogP contribution in [0.3, 0.4) is 0 Å². The van der Waals surface area contributed by atoms with Crippen molar-refractivity contribution >= 4 is 77.7 Å². The maximum Gasteiger partial charge on any atom is 0.197 e. The van der Waals surface area contributed by atoms with Crippen LogP contribution in [0.4, 0.5) is 34.1 Å². The van der Waals surface area contributed by atoms with Gasteiger partial charge in [0.15, 0.2) is 10.9 Å². The van der Waals surface area contributed by atoms with Gasteiger partial charge >= 0.3 is 0 Å². The average Bonchev–Trinajstić information content (AvgIpc) is 0.724. The Labute approximate surface area is 580 Å². The van der Waals surface area contributed by atoms with E-state index in [-0.39, 0.29) is 32.5 Å². The Balaban J connectivity index is 0.978. The first-order valence-corrected chi connectivity index (χ1v) is 35.7. The van der Waals surface area contributed by atoms with Gasteiger partial charge in [0.05, 0.1) is 22.1 Å². The van der Waals surface area contributed by atoms with Crippen molar-refractivity contribution in [2.45, 2.75) is 155 Å². The minimum atomic E-state index is -0.230. The Hall–Kier alpha value is -10.0. The molecule has 0 unspecified atom stereocenters. The maximum absolute atomic E-state index is 16.0. The van der Waals surface area contributed by atoms with Gasteiger partial charge in [-0.3, -0.25) is 9.59 Å². The third kappa shape index (κ3) is 12.8. The van der Waals surface area contributed by atoms with Crippen molar-refractivity contribution in [3.8, 4) is 0 Å². The number of anilines is 6. The summed E-state index contributed by atoms with van der Waals surface area (Å²) in [7, 11) is 0. The number of aryl methyl sites for hydroxylation is 2. The standard InChI is InChI=1S/C92H94N4O2/c1-11-13-15-29-59-93-83-57-55-77(95(73-47-39-69(40-48-73)89(3,4)65-31-21-17-22-32-65)74-49-41-70(42-50-74)90(5,6)66-33-23-18-24-34-66)61-79(83)87(97)81-64-86-82(63-85(81)93)88(98)80-62-78(56-58-84(80)94(86)60-30-16-14-12-2)96(75-51-43-71(44-52-75)91(7,8)67-35-25-19-26-36-67)76-53-45-72(46-54-76)92(9,10)68-37-27-20-28-38-68/h17-28,31-58,61-64H,11-16,29-30,59-60H2,1-10H3. The molecule has 98 heavy (non-hydrogen) atoms. The Kier molecular flexibility index (Phi) is 18.9. The van der Waals surface area contributed by atoms with Crippen LogP contribution in [0.25, 0.3) is 43.6 Å². The molecule has 0 bridgehead atoms. The van der Waals surface area contributed by atoms with Crippen molar-refractivity contribution in [1.29, 1.82) is 0 Å². The minimum absolute atomic E-state index is 0.0455. The zero-order chi connectivity index (χ0) is 68.3. The highest BCUT2D eigenvalue weighted by Crippen LogP contribution is 2.44. The molecule has 0 amide bonds. The first-order valence-electron chi connectivity index (χ1n) is 35.7. The number of fused-ring (bicyclic) bond motifs is 4. The SMILES string of the molecule is CCCCCCn1c2ccc(N(c3ccc(C(C)(C)c4ccccc4)cc3)c3ccc(C(C)(C)c4ccccc4)cc3)cc2c(=O)c2cc3c(cc21)c(=O)c1cc(N(c2ccc(C(C)(C)c4ccccc4)cc2)c2ccc(C(C)(C)c4ccccc4)cc2)ccc1n3CCCCCC. The molecule has 0 N–H and O–H groups in total. The first-order chi connectivity index (χ1) is 47.4. The van der Waals surface area contributed by atoms with Gasteiger partial charge < -0.3 is 18.9 Å². The van der Waals surface area contributed by atoms with Crippen molar-refractivity contribution in [3.05, 3.63) is 332 Å². The molecule has 0 saturated heterocycles. The van der Waals surface area contributed by atoms with Gasteiger partial charge in [0.1, 0.15) is 0 Å². The number of nitrogens with zero attached hydrogens (tertiary/aromatic N) is 4. The van der Waals surface area contributed by atoms with Gasteiger partial charge in [0, 0.05) is 90.4 Å². The topological polar surface area (TPSA) is 50.5 Å². The normalized spacial score (nSPS) is 12.3. The lowest BCUT2D eigenvalue weighted by Crippen LogP contribution is -2.20. The number of benzene rings is 11. The zero-order valence-corrected chi connectivity index (χ0v) is 59.1. The fourth-order valence-corrected chi connectivity index (χ4v) is 15.1. The van der Waals surface area contributed by atoms with Gasteiger partial charge in [0.25, 0.3) is 0 Å². The summed E-state index contributed by atoms with van der Waals surface area (Å²) in [4.78, 5) is 36.6. The van der Waals surface area contributed by atoms with E-state index in [1.807, 2.05) is 0 Å². The maximum atomic E-state index is 16.0. The molecule has 13 rings (SSSR count). The van der Waals surface area contributed by atoms with Gasteiger partial charge in [-0.25, -0.2) is 0 Å². The van der Waals surface area contributed by atoms with E-state index in [1.165, 1.54) is 44.5 Å². The van der Waals surface area contributed by atoms with Crippen molar-refractivity contribution in [3.63, 3.8) is 0 Å². The molecule has 0 fully saturated rings. The summed E-state index contributed by atoms with van der Waals surface area (Å²) >= 11 is 0. The summed E-state index contributed by atoms with van der Waals surface area (Å²) in [6.07, 6.45) is 8.39. The molecule has 6 heteroatoms. The van der Waals surface area contributed by atoms with Crippen LogP contribution in [0.5, 0.6) is 0 Å². The highest BCUT2D eigenvalue weighted by Gasteiger charge is 2.29. The van der Waals surface area contributed by atoms with Gasteiger partial charge in [-0.15, -0.1) is 0 Å². The summed E-state index contributed by atoms with van der Waals surface area (Å²) in [5.74, 6) is 0. The molecule has 0 atom stereocenters. The van der Waals surface area contributed by atoms with Crippen LogP contribution in [0, 0.1) is 0 Å². The smallest absolute Gasteiger partial charge is 0.197 e. The highest BCUT2D eigenvalue weighted by molar-refractivity contribution is 6.05. The predicted octanol–water partition coefficient (Wildman–Crippen LogP) is 24.0. The highest BCUT2D eigenvalue weighted by atomic mass is 16.1. The number of aromatic nitrogens is 2. The average molecular weight is 1290 g/mol. The minimum Gasteiger partial charge on any atom is -0.340 e. The molecule has 0 spiro atoms. The van der Waals surface area contributed by atoms with E-state index in [0.29, 0.717) is 34.6 Å². The zero-order valence-electron chi connectivity index (χ0n) is 59.1. The Bertz CT molecular complexity index is 4540. The van der Waals surface area contributed by atoms with Crippen LogP contribution in [0.15, 0.2) is 277 Å². The van der Waals surface area contributed by atoms with Crippen LogP contribution in [-0.4, -0.2) is 9.13 Å². The number of unbranched alkanes of at least 4 members (excludes halogenated alkanes) is 6. The molecule has 2 aromatic heterocycles. The van der Waals surface area contributed by atoms with Gasteiger partial charge in [-0.05, 0) is 154 Å². The van der Waals surface area contributed by atoms with E-state index in [2.05, 4.69) is 355 Å². The summed E-state index contributed by atoms with van der Waals surface area (Å²) < 4.78 is 4.68. The molecule has 0 aliphatic carbocycles. The van der Waals surface area contributed by atoms with E-state index >= 15 is 9.59 Å². The number of rotatable bonds is 24. The molecule has 6 nitrogen and oxygen atoms in total. The van der Waals surface area contributed by atoms with E-state index < -0.39 is 0 Å². The molecule has 0 radical (unpaired) electrons. The molecule has 0 aliphatic heterocycles. The van der Waals surface area contributed by atoms with E-state index in [1.54, 1.807) is 0 Å². The van der Waals surface area contributed by atoms with Gasteiger partial charge in [0.2, 0.25) is 0 Å². The monoisotopic (exact) mass is 1290 g/mol. The third-order valence-corrected chi connectivity index (χ3v) is 21.6. The summed E-state index contributed by atoms with van der Waals surface area (Å²) in [6.45, 7) is 24.2. The van der Waals surface area contributed by atoms with Crippen LogP contribution in [0.2, 0.25) is 0 Å². The number of hydrogen-bond donors (Lipinski definition) is 0. The quantitative estimate of drug-likeness (QED) is 0.0447. The van der Waals surface area contributed by atoms with E-state index in [4.69, 9.17) is 0 Å². The summed E-state index contributed by atoms with van der Waals surface area (Å²) in [5, 5.41) is 2.53. The van der Waals surface area contributed by atoms with E-state index in [0.717, 1.165) is 108 Å². The van der Waals surface area contributed by atoms with Crippen molar-refractivity contribution in [1.82, 2.24) is 9.13 Å². The van der Waals surface area contributed by atoms with Crippen molar-refractivity contribution in [2.24, 2.45) is 0 Å². The third-order valence-electron chi connectivity index (χ3n) is 21.6. The van der Waals surface area contributed by atoms with Crippen LogP contribution in [0.1, 0.15) is 165 Å². The Morgan fingerprint density at radius 1 is 0.255 bits per heavy atom. The largest absolute Gasteiger partial charge is 0.340 e. The fourth-order valence-electron chi connectivity index (χ4n) is 15.1.